The Hall–Kier alpha value is -0.570. The number of carbonyl (C=O) groups is 1. The molecule has 2 nitrogen and oxygen atoms in total. The Balaban J connectivity index is 1.96. The molecule has 0 aromatic heterocycles. The first kappa shape index (κ1) is 14.8. The van der Waals surface area contributed by atoms with E-state index >= 15 is 0 Å². The van der Waals surface area contributed by atoms with Gasteiger partial charge in [0.05, 0.1) is 16.6 Å². The molecule has 1 fully saturated rings. The molecule has 0 saturated carbocycles. The zero-order valence-corrected chi connectivity index (χ0v) is 12.5. The number of Topliss-reactive ketones (excluding diaryl/α,β-unsaturated/α-hetero) is 1. The molecular formula is C15H19Cl2NO. The van der Waals surface area contributed by atoms with Crippen molar-refractivity contribution < 1.29 is 4.79 Å². The van der Waals surface area contributed by atoms with E-state index in [1.54, 1.807) is 18.2 Å². The summed E-state index contributed by atoms with van der Waals surface area (Å²) in [6.07, 6.45) is 6.26. The van der Waals surface area contributed by atoms with Crippen LogP contribution in [0.25, 0.3) is 0 Å². The highest BCUT2D eigenvalue weighted by molar-refractivity contribution is 6.42. The second-order valence-electron chi connectivity index (χ2n) is 5.10. The zero-order chi connectivity index (χ0) is 13.7. The molecule has 1 heterocycles. The summed E-state index contributed by atoms with van der Waals surface area (Å²) in [5.74, 6) is 0.124. The molecule has 1 saturated heterocycles. The van der Waals surface area contributed by atoms with Gasteiger partial charge in [-0.15, -0.1) is 0 Å². The van der Waals surface area contributed by atoms with Crippen LogP contribution >= 0.6 is 23.2 Å². The maximum Gasteiger partial charge on any atom is 0.176 e. The molecule has 19 heavy (non-hydrogen) atoms. The van der Waals surface area contributed by atoms with Crippen molar-refractivity contribution in [1.82, 2.24) is 4.90 Å². The molecule has 0 spiro atoms. The lowest BCUT2D eigenvalue weighted by Gasteiger charge is -2.23. The molecular weight excluding hydrogens is 281 g/mol. The van der Waals surface area contributed by atoms with Crippen molar-refractivity contribution in [2.24, 2.45) is 0 Å². The van der Waals surface area contributed by atoms with Gasteiger partial charge < -0.3 is 0 Å². The summed E-state index contributed by atoms with van der Waals surface area (Å²) in [5, 5.41) is 0.935. The molecule has 1 aromatic rings. The van der Waals surface area contributed by atoms with Crippen LogP contribution in [0.5, 0.6) is 0 Å². The number of ketones is 1. The fraction of sp³-hybridized carbons (Fsp3) is 0.533. The molecule has 4 heteroatoms. The highest BCUT2D eigenvalue weighted by Crippen LogP contribution is 2.23. The fourth-order valence-electron chi connectivity index (χ4n) is 2.44. The van der Waals surface area contributed by atoms with Crippen molar-refractivity contribution in [2.45, 2.75) is 32.1 Å². The van der Waals surface area contributed by atoms with Crippen molar-refractivity contribution in [3.05, 3.63) is 33.8 Å². The normalized spacial score (nSPS) is 17.8. The molecule has 2 rings (SSSR count). The van der Waals surface area contributed by atoms with E-state index in [1.807, 2.05) is 0 Å². The Labute approximate surface area is 124 Å². The van der Waals surface area contributed by atoms with E-state index < -0.39 is 0 Å². The van der Waals surface area contributed by atoms with Crippen LogP contribution in [0.4, 0.5) is 0 Å². The van der Waals surface area contributed by atoms with Gasteiger partial charge in [-0.1, -0.05) is 42.5 Å². The minimum absolute atomic E-state index is 0.124. The average molecular weight is 300 g/mol. The average Bonchev–Trinajstić information content (AvgIpc) is 2.35. The van der Waals surface area contributed by atoms with Crippen molar-refractivity contribution in [3.8, 4) is 0 Å². The third-order valence-electron chi connectivity index (χ3n) is 3.56. The quantitative estimate of drug-likeness (QED) is 0.769. The van der Waals surface area contributed by atoms with Crippen molar-refractivity contribution in [1.29, 1.82) is 0 Å². The molecule has 104 valence electrons. The number of carbonyl (C=O) groups excluding carboxylic acids is 1. The molecule has 0 aliphatic carbocycles. The van der Waals surface area contributed by atoms with E-state index in [4.69, 9.17) is 23.2 Å². The number of hydrogen-bond acceptors (Lipinski definition) is 2. The number of likely N-dealkylation sites (tertiary alicyclic amines) is 1. The zero-order valence-electron chi connectivity index (χ0n) is 11.0. The molecule has 0 atom stereocenters. The van der Waals surface area contributed by atoms with E-state index in [9.17, 15) is 4.79 Å². The van der Waals surface area contributed by atoms with Gasteiger partial charge in [-0.25, -0.2) is 0 Å². The van der Waals surface area contributed by atoms with Crippen molar-refractivity contribution in [3.63, 3.8) is 0 Å². The third kappa shape index (κ3) is 4.48. The SMILES string of the molecule is O=C(CN1CCCCCCC1)c1ccc(Cl)c(Cl)c1. The lowest BCUT2D eigenvalue weighted by Crippen LogP contribution is -2.32. The van der Waals surface area contributed by atoms with Crippen LogP contribution in [0, 0.1) is 0 Å². The molecule has 0 radical (unpaired) electrons. The summed E-state index contributed by atoms with van der Waals surface area (Å²) in [5.41, 5.74) is 0.649. The molecule has 0 bridgehead atoms. The van der Waals surface area contributed by atoms with Gasteiger partial charge in [-0.05, 0) is 44.1 Å². The van der Waals surface area contributed by atoms with E-state index in [0.29, 0.717) is 22.2 Å². The van der Waals surface area contributed by atoms with Crippen LogP contribution in [-0.2, 0) is 0 Å². The summed E-state index contributed by atoms with van der Waals surface area (Å²) in [6, 6.07) is 5.10. The first-order valence-electron chi connectivity index (χ1n) is 6.87. The number of halogens is 2. The predicted octanol–water partition coefficient (Wildman–Crippen LogP) is 4.44. The lowest BCUT2D eigenvalue weighted by molar-refractivity contribution is 0.0924. The number of hydrogen-bond donors (Lipinski definition) is 0. The van der Waals surface area contributed by atoms with Gasteiger partial charge in [0.25, 0.3) is 0 Å². The topological polar surface area (TPSA) is 20.3 Å². The number of benzene rings is 1. The molecule has 1 aliphatic heterocycles. The van der Waals surface area contributed by atoms with E-state index in [0.717, 1.165) is 13.1 Å². The summed E-state index contributed by atoms with van der Waals surface area (Å²) >= 11 is 11.8. The van der Waals surface area contributed by atoms with E-state index in [1.165, 1.54) is 32.1 Å². The Morgan fingerprint density at radius 2 is 1.63 bits per heavy atom. The van der Waals surface area contributed by atoms with Gasteiger partial charge in [0, 0.05) is 5.56 Å². The minimum atomic E-state index is 0.124. The Morgan fingerprint density at radius 3 is 2.26 bits per heavy atom. The summed E-state index contributed by atoms with van der Waals surface area (Å²) in [7, 11) is 0. The lowest BCUT2D eigenvalue weighted by atomic mass is 10.1. The molecule has 1 aromatic carbocycles. The first-order valence-corrected chi connectivity index (χ1v) is 7.63. The third-order valence-corrected chi connectivity index (χ3v) is 4.30. The van der Waals surface area contributed by atoms with Crippen LogP contribution in [0.3, 0.4) is 0 Å². The van der Waals surface area contributed by atoms with Gasteiger partial charge in [0.15, 0.2) is 5.78 Å². The summed E-state index contributed by atoms with van der Waals surface area (Å²) < 4.78 is 0. The maximum atomic E-state index is 12.2. The summed E-state index contributed by atoms with van der Waals surface area (Å²) in [6.45, 7) is 2.53. The maximum absolute atomic E-state index is 12.2. The Bertz CT molecular complexity index is 440. The van der Waals surface area contributed by atoms with Crippen LogP contribution in [0.15, 0.2) is 18.2 Å². The number of nitrogens with zero attached hydrogens (tertiary/aromatic N) is 1. The molecule has 0 N–H and O–H groups in total. The van der Waals surface area contributed by atoms with Gasteiger partial charge in [0.1, 0.15) is 0 Å². The predicted molar refractivity (Wildman–Crippen MR) is 80.3 cm³/mol. The molecule has 0 unspecified atom stereocenters. The van der Waals surface area contributed by atoms with Crippen LogP contribution in [0.1, 0.15) is 42.5 Å². The van der Waals surface area contributed by atoms with Crippen LogP contribution in [-0.4, -0.2) is 30.3 Å². The smallest absolute Gasteiger partial charge is 0.176 e. The first-order chi connectivity index (χ1) is 9.16. The van der Waals surface area contributed by atoms with Crippen LogP contribution in [0.2, 0.25) is 10.0 Å². The molecule has 1 aliphatic rings. The monoisotopic (exact) mass is 299 g/mol. The largest absolute Gasteiger partial charge is 0.296 e. The second-order valence-corrected chi connectivity index (χ2v) is 5.91. The molecule has 0 amide bonds. The van der Waals surface area contributed by atoms with Gasteiger partial charge >= 0.3 is 0 Å². The number of rotatable bonds is 3. The van der Waals surface area contributed by atoms with Gasteiger partial charge in [-0.3, -0.25) is 9.69 Å². The van der Waals surface area contributed by atoms with Crippen molar-refractivity contribution >= 4 is 29.0 Å². The van der Waals surface area contributed by atoms with E-state index in [-0.39, 0.29) is 5.78 Å². The standard InChI is InChI=1S/C15H19Cl2NO/c16-13-7-6-12(10-14(13)17)15(19)11-18-8-4-2-1-3-5-9-18/h6-7,10H,1-5,8-9,11H2. The van der Waals surface area contributed by atoms with Crippen molar-refractivity contribution in [2.75, 3.05) is 19.6 Å². The highest BCUT2D eigenvalue weighted by Gasteiger charge is 2.14. The highest BCUT2D eigenvalue weighted by atomic mass is 35.5. The van der Waals surface area contributed by atoms with Gasteiger partial charge in [-0.2, -0.15) is 0 Å². The van der Waals surface area contributed by atoms with Gasteiger partial charge in [0.2, 0.25) is 0 Å². The fourth-order valence-corrected chi connectivity index (χ4v) is 2.73. The van der Waals surface area contributed by atoms with Crippen LogP contribution < -0.4 is 0 Å². The Morgan fingerprint density at radius 1 is 1.00 bits per heavy atom. The summed E-state index contributed by atoms with van der Waals surface area (Å²) in [4.78, 5) is 14.5. The minimum Gasteiger partial charge on any atom is -0.296 e. The Kier molecular flexibility index (Phi) is 5.68. The second kappa shape index (κ2) is 7.28. The van der Waals surface area contributed by atoms with E-state index in [2.05, 4.69) is 4.90 Å².